The van der Waals surface area contributed by atoms with Crippen molar-refractivity contribution < 1.29 is 22.3 Å². The number of nitrogens with zero attached hydrogens (tertiary/aromatic N) is 4. The summed E-state index contributed by atoms with van der Waals surface area (Å²) in [6.07, 6.45) is 5.20. The highest BCUT2D eigenvalue weighted by atomic mass is 19.4. The first-order valence-electron chi connectivity index (χ1n) is 15.0. The maximum atomic E-state index is 12.7. The second-order valence-electron chi connectivity index (χ2n) is 11.7. The van der Waals surface area contributed by atoms with E-state index in [0.717, 1.165) is 42.9 Å². The average molecular weight is 592 g/mol. The molecule has 2 aliphatic rings. The molecular formula is C33H36F3N5O2. The minimum absolute atomic E-state index is 0.233. The number of pyridine rings is 1. The number of benzene rings is 2. The van der Waals surface area contributed by atoms with Crippen LogP contribution in [0.3, 0.4) is 0 Å². The molecule has 7 nitrogen and oxygen atoms in total. The molecule has 1 N–H and O–H groups in total. The Balaban J connectivity index is 1.09. The Morgan fingerprint density at radius 3 is 2.53 bits per heavy atom. The minimum atomic E-state index is -4.73. The molecule has 4 aromatic rings. The summed E-state index contributed by atoms with van der Waals surface area (Å²) in [6, 6.07) is 18.5. The smallest absolute Gasteiger partial charge is 0.421 e. The van der Waals surface area contributed by atoms with Crippen LogP contribution < -0.4 is 15.0 Å². The molecular weight excluding hydrogens is 555 g/mol. The van der Waals surface area contributed by atoms with Gasteiger partial charge >= 0.3 is 6.36 Å². The highest BCUT2D eigenvalue weighted by molar-refractivity contribution is 5.67. The Hall–Kier alpha value is -4.08. The van der Waals surface area contributed by atoms with E-state index in [0.29, 0.717) is 35.2 Å². The predicted molar refractivity (Wildman–Crippen MR) is 160 cm³/mol. The SMILES string of the molecule is Cc1nnc(-c2ccc(N3CCCC(C[C@@H]4CCCC[C@H]4Nc4cc(-c5cccc(OC(F)(F)F)c5)ccn4)C3)cc2)o1. The zero-order valence-electron chi connectivity index (χ0n) is 24.2. The topological polar surface area (TPSA) is 76.3 Å². The molecule has 2 fully saturated rings. The van der Waals surface area contributed by atoms with Crippen LogP contribution in [0.25, 0.3) is 22.6 Å². The second-order valence-corrected chi connectivity index (χ2v) is 11.7. The predicted octanol–water partition coefficient (Wildman–Crippen LogP) is 8.28. The van der Waals surface area contributed by atoms with Crippen LogP contribution in [0.1, 0.15) is 50.8 Å². The van der Waals surface area contributed by atoms with Gasteiger partial charge in [-0.05, 0) is 104 Å². The quantitative estimate of drug-likeness (QED) is 0.221. The number of hydrogen-bond acceptors (Lipinski definition) is 7. The number of ether oxygens (including phenoxy) is 1. The van der Waals surface area contributed by atoms with Crippen LogP contribution in [-0.2, 0) is 0 Å². The summed E-state index contributed by atoms with van der Waals surface area (Å²) in [6.45, 7) is 3.87. The van der Waals surface area contributed by atoms with Crippen LogP contribution in [0.5, 0.6) is 5.75 Å². The normalized spacial score (nSPS) is 21.0. The van der Waals surface area contributed by atoms with Crippen LogP contribution in [0.15, 0.2) is 71.3 Å². The molecule has 1 saturated heterocycles. The maximum Gasteiger partial charge on any atom is 0.573 e. The molecule has 1 saturated carbocycles. The number of alkyl halides is 3. The lowest BCUT2D eigenvalue weighted by molar-refractivity contribution is -0.274. The summed E-state index contributed by atoms with van der Waals surface area (Å²) in [5.74, 6) is 2.76. The lowest BCUT2D eigenvalue weighted by atomic mass is 9.77. The molecule has 10 heteroatoms. The summed E-state index contributed by atoms with van der Waals surface area (Å²) >= 11 is 0. The Kier molecular flexibility index (Phi) is 8.54. The van der Waals surface area contributed by atoms with Crippen molar-refractivity contribution in [2.45, 2.75) is 64.3 Å². The van der Waals surface area contributed by atoms with Gasteiger partial charge < -0.3 is 19.4 Å². The minimum Gasteiger partial charge on any atom is -0.421 e. The number of nitrogens with one attached hydrogen (secondary N) is 1. The Morgan fingerprint density at radius 2 is 1.74 bits per heavy atom. The summed E-state index contributed by atoms with van der Waals surface area (Å²) < 4.78 is 47.9. The molecule has 1 aliphatic heterocycles. The Bertz CT molecular complexity index is 1510. The standard InChI is InChI=1S/C33H36F3N5O2/c1-22-39-40-32(42-22)24-11-13-28(14-12-24)41-17-5-6-23(21-41)18-27-7-2-3-10-30(27)38-31-20-26(15-16-37-31)25-8-4-9-29(19-25)43-33(34,35)36/h4,8-9,11-16,19-20,23,27,30H,2-3,5-7,10,17-18,21H2,1H3,(H,37,38)/t23?,27-,30+/m0/s1. The molecule has 1 unspecified atom stereocenters. The second kappa shape index (κ2) is 12.7. The largest absolute Gasteiger partial charge is 0.573 e. The molecule has 2 aromatic heterocycles. The fraction of sp³-hybridized carbons (Fsp3) is 0.424. The van der Waals surface area contributed by atoms with Gasteiger partial charge in [0.25, 0.3) is 0 Å². The number of aromatic nitrogens is 3. The van der Waals surface area contributed by atoms with Gasteiger partial charge in [-0.2, -0.15) is 0 Å². The van der Waals surface area contributed by atoms with E-state index in [4.69, 9.17) is 4.42 Å². The van der Waals surface area contributed by atoms with E-state index in [1.54, 1.807) is 25.3 Å². The molecule has 3 atom stereocenters. The third-order valence-electron chi connectivity index (χ3n) is 8.56. The van der Waals surface area contributed by atoms with E-state index in [1.165, 1.54) is 49.9 Å². The molecule has 0 amide bonds. The van der Waals surface area contributed by atoms with Crippen molar-refractivity contribution in [1.29, 1.82) is 0 Å². The van der Waals surface area contributed by atoms with Gasteiger partial charge in [-0.1, -0.05) is 25.0 Å². The number of anilines is 2. The average Bonchev–Trinajstić information content (AvgIpc) is 3.44. The van der Waals surface area contributed by atoms with Gasteiger partial charge in [0.15, 0.2) is 0 Å². The lowest BCUT2D eigenvalue weighted by Gasteiger charge is -2.39. The van der Waals surface area contributed by atoms with Crippen molar-refractivity contribution in [3.8, 4) is 28.3 Å². The molecule has 0 radical (unpaired) electrons. The van der Waals surface area contributed by atoms with E-state index in [-0.39, 0.29) is 5.75 Å². The first-order chi connectivity index (χ1) is 20.8. The van der Waals surface area contributed by atoms with Gasteiger partial charge in [-0.15, -0.1) is 23.4 Å². The molecule has 2 aromatic carbocycles. The van der Waals surface area contributed by atoms with Crippen LogP contribution in [-0.4, -0.2) is 40.7 Å². The van der Waals surface area contributed by atoms with E-state index < -0.39 is 6.36 Å². The molecule has 1 aliphatic carbocycles. The Morgan fingerprint density at radius 1 is 0.930 bits per heavy atom. The van der Waals surface area contributed by atoms with Crippen LogP contribution in [0.4, 0.5) is 24.7 Å². The van der Waals surface area contributed by atoms with Gasteiger partial charge in [-0.3, -0.25) is 0 Å². The monoisotopic (exact) mass is 591 g/mol. The first kappa shape index (κ1) is 29.0. The first-order valence-corrected chi connectivity index (χ1v) is 15.0. The summed E-state index contributed by atoms with van der Waals surface area (Å²) in [4.78, 5) is 7.05. The van der Waals surface area contributed by atoms with Crippen LogP contribution in [0.2, 0.25) is 0 Å². The van der Waals surface area contributed by atoms with Crippen LogP contribution >= 0.6 is 0 Å². The van der Waals surface area contributed by atoms with Crippen molar-refractivity contribution in [3.05, 3.63) is 72.8 Å². The highest BCUT2D eigenvalue weighted by Crippen LogP contribution is 2.36. The number of rotatable bonds is 8. The van der Waals surface area contributed by atoms with E-state index in [2.05, 4.69) is 42.3 Å². The summed E-state index contributed by atoms with van der Waals surface area (Å²) in [5.41, 5.74) is 3.58. The van der Waals surface area contributed by atoms with Crippen molar-refractivity contribution in [1.82, 2.24) is 15.2 Å². The van der Waals surface area contributed by atoms with E-state index >= 15 is 0 Å². The molecule has 6 rings (SSSR count). The molecule has 0 bridgehead atoms. The molecule has 3 heterocycles. The Labute approximate surface area is 249 Å². The zero-order valence-corrected chi connectivity index (χ0v) is 24.2. The molecule has 43 heavy (non-hydrogen) atoms. The van der Waals surface area contributed by atoms with Gasteiger partial charge in [0, 0.05) is 43.5 Å². The van der Waals surface area contributed by atoms with Crippen LogP contribution in [0, 0.1) is 18.8 Å². The summed E-state index contributed by atoms with van der Waals surface area (Å²) in [5, 5.41) is 11.7. The van der Waals surface area contributed by atoms with E-state index in [9.17, 15) is 13.2 Å². The molecule has 226 valence electrons. The van der Waals surface area contributed by atoms with Crippen molar-refractivity contribution >= 4 is 11.5 Å². The van der Waals surface area contributed by atoms with Gasteiger partial charge in [0.1, 0.15) is 11.6 Å². The fourth-order valence-electron chi connectivity index (χ4n) is 6.58. The third kappa shape index (κ3) is 7.47. The number of hydrogen-bond donors (Lipinski definition) is 1. The number of piperidine rings is 1. The number of aryl methyl sites for hydroxylation is 1. The summed E-state index contributed by atoms with van der Waals surface area (Å²) in [7, 11) is 0. The van der Waals surface area contributed by atoms with Crippen molar-refractivity contribution in [3.63, 3.8) is 0 Å². The van der Waals surface area contributed by atoms with Gasteiger partial charge in [0.2, 0.25) is 11.8 Å². The third-order valence-corrected chi connectivity index (χ3v) is 8.56. The van der Waals surface area contributed by atoms with E-state index in [1.807, 2.05) is 24.3 Å². The lowest BCUT2D eigenvalue weighted by Crippen LogP contribution is -2.39. The van der Waals surface area contributed by atoms with Gasteiger partial charge in [0.05, 0.1) is 0 Å². The zero-order chi connectivity index (χ0) is 29.8. The highest BCUT2D eigenvalue weighted by Gasteiger charge is 2.32. The fourth-order valence-corrected chi connectivity index (χ4v) is 6.58. The van der Waals surface area contributed by atoms with Crippen molar-refractivity contribution in [2.24, 2.45) is 11.8 Å². The number of halogens is 3. The maximum absolute atomic E-state index is 12.7. The van der Waals surface area contributed by atoms with Gasteiger partial charge in [-0.25, -0.2) is 4.98 Å². The molecule has 0 spiro atoms. The van der Waals surface area contributed by atoms with Crippen molar-refractivity contribution in [2.75, 3.05) is 23.3 Å².